The highest BCUT2D eigenvalue weighted by Crippen LogP contribution is 2.24. The molecule has 4 rings (SSSR count). The minimum Gasteiger partial charge on any atom is -0.492 e. The van der Waals surface area contributed by atoms with Gasteiger partial charge in [-0.3, -0.25) is 14.9 Å². The second kappa shape index (κ2) is 8.91. The van der Waals surface area contributed by atoms with Crippen LogP contribution in [0.5, 0.6) is 5.75 Å². The summed E-state index contributed by atoms with van der Waals surface area (Å²) in [4.78, 5) is 18.1. The van der Waals surface area contributed by atoms with Crippen LogP contribution in [0.2, 0.25) is 0 Å². The minimum absolute atomic E-state index is 0.290. The Hall–Kier alpha value is -3.14. The quantitative estimate of drug-likeness (QED) is 0.411. The van der Waals surface area contributed by atoms with Crippen LogP contribution in [0.1, 0.15) is 10.4 Å². The number of ether oxygens (including phenoxy) is 2. The fourth-order valence-electron chi connectivity index (χ4n) is 3.06. The first-order valence-electron chi connectivity index (χ1n) is 9.36. The van der Waals surface area contributed by atoms with Crippen molar-refractivity contribution < 1.29 is 23.9 Å². The van der Waals surface area contributed by atoms with E-state index in [0.717, 1.165) is 44.3 Å². The maximum atomic E-state index is 11.5. The third-order valence-corrected chi connectivity index (χ3v) is 4.64. The summed E-state index contributed by atoms with van der Waals surface area (Å²) < 4.78 is 16.8. The first-order valence-corrected chi connectivity index (χ1v) is 9.36. The SMILES string of the molecule is O=C(NO)c1ccc2oc(Nc3ccc(OCCN4CCOCC4)cc3)nc2c1. The third-order valence-electron chi connectivity index (χ3n) is 4.64. The Morgan fingerprint density at radius 3 is 2.72 bits per heavy atom. The number of rotatable bonds is 7. The van der Waals surface area contributed by atoms with Gasteiger partial charge in [0, 0.05) is 30.9 Å². The van der Waals surface area contributed by atoms with E-state index in [2.05, 4.69) is 15.2 Å². The second-order valence-electron chi connectivity index (χ2n) is 6.59. The first-order chi connectivity index (χ1) is 14.2. The van der Waals surface area contributed by atoms with E-state index in [0.29, 0.717) is 29.3 Å². The van der Waals surface area contributed by atoms with E-state index in [1.54, 1.807) is 23.7 Å². The van der Waals surface area contributed by atoms with E-state index in [9.17, 15) is 4.79 Å². The predicted octanol–water partition coefficient (Wildman–Crippen LogP) is 2.40. The molecule has 0 radical (unpaired) electrons. The Kier molecular flexibility index (Phi) is 5.89. The zero-order valence-electron chi connectivity index (χ0n) is 15.8. The van der Waals surface area contributed by atoms with Crippen LogP contribution in [-0.2, 0) is 4.74 Å². The number of hydroxylamine groups is 1. The molecular formula is C20H22N4O5. The lowest BCUT2D eigenvalue weighted by molar-refractivity contribution is 0.0322. The van der Waals surface area contributed by atoms with E-state index in [1.165, 1.54) is 0 Å². The fourth-order valence-corrected chi connectivity index (χ4v) is 3.06. The molecule has 2 aromatic carbocycles. The molecule has 152 valence electrons. The lowest BCUT2D eigenvalue weighted by Crippen LogP contribution is -2.38. The molecule has 0 spiro atoms. The summed E-state index contributed by atoms with van der Waals surface area (Å²) in [5, 5.41) is 11.8. The molecular weight excluding hydrogens is 376 g/mol. The molecule has 3 N–H and O–H groups in total. The summed E-state index contributed by atoms with van der Waals surface area (Å²) >= 11 is 0. The number of anilines is 2. The lowest BCUT2D eigenvalue weighted by atomic mass is 10.2. The number of aromatic nitrogens is 1. The highest BCUT2D eigenvalue weighted by atomic mass is 16.5. The van der Waals surface area contributed by atoms with E-state index in [4.69, 9.17) is 19.1 Å². The average Bonchev–Trinajstić information content (AvgIpc) is 3.16. The Morgan fingerprint density at radius 2 is 1.97 bits per heavy atom. The van der Waals surface area contributed by atoms with Crippen molar-refractivity contribution in [2.75, 3.05) is 44.8 Å². The number of hydrogen-bond donors (Lipinski definition) is 3. The van der Waals surface area contributed by atoms with Gasteiger partial charge in [-0.1, -0.05) is 0 Å². The largest absolute Gasteiger partial charge is 0.492 e. The second-order valence-corrected chi connectivity index (χ2v) is 6.59. The molecule has 0 aliphatic carbocycles. The van der Waals surface area contributed by atoms with Gasteiger partial charge in [-0.25, -0.2) is 5.48 Å². The normalized spacial score (nSPS) is 14.7. The highest BCUT2D eigenvalue weighted by Gasteiger charge is 2.11. The van der Waals surface area contributed by atoms with Crippen molar-refractivity contribution in [3.8, 4) is 5.75 Å². The smallest absolute Gasteiger partial charge is 0.300 e. The van der Waals surface area contributed by atoms with Gasteiger partial charge in [0.2, 0.25) is 0 Å². The summed E-state index contributed by atoms with van der Waals surface area (Å²) in [5.74, 6) is 0.189. The van der Waals surface area contributed by atoms with Crippen LogP contribution < -0.4 is 15.5 Å². The van der Waals surface area contributed by atoms with Crippen molar-refractivity contribution >= 4 is 28.7 Å². The molecule has 29 heavy (non-hydrogen) atoms. The topological polar surface area (TPSA) is 109 Å². The lowest BCUT2D eigenvalue weighted by Gasteiger charge is -2.26. The maximum Gasteiger partial charge on any atom is 0.300 e. The van der Waals surface area contributed by atoms with Crippen molar-refractivity contribution in [3.63, 3.8) is 0 Å². The van der Waals surface area contributed by atoms with Gasteiger partial charge in [-0.15, -0.1) is 0 Å². The monoisotopic (exact) mass is 398 g/mol. The molecule has 1 saturated heterocycles. The Balaban J connectivity index is 1.33. The van der Waals surface area contributed by atoms with Crippen molar-refractivity contribution in [1.29, 1.82) is 0 Å². The number of carbonyl (C=O) groups excluding carboxylic acids is 1. The fraction of sp³-hybridized carbons (Fsp3) is 0.300. The average molecular weight is 398 g/mol. The van der Waals surface area contributed by atoms with E-state index >= 15 is 0 Å². The van der Waals surface area contributed by atoms with Crippen LogP contribution in [0.3, 0.4) is 0 Å². The van der Waals surface area contributed by atoms with Gasteiger partial charge < -0.3 is 19.2 Å². The van der Waals surface area contributed by atoms with Crippen LogP contribution in [0, 0.1) is 0 Å². The highest BCUT2D eigenvalue weighted by molar-refractivity contribution is 5.96. The Bertz CT molecular complexity index is 967. The van der Waals surface area contributed by atoms with Gasteiger partial charge in [0.05, 0.1) is 13.2 Å². The summed E-state index contributed by atoms with van der Waals surface area (Å²) in [7, 11) is 0. The molecule has 0 saturated carbocycles. The maximum absolute atomic E-state index is 11.5. The molecule has 1 aromatic heterocycles. The molecule has 3 aromatic rings. The van der Waals surface area contributed by atoms with Crippen molar-refractivity contribution in [1.82, 2.24) is 15.4 Å². The van der Waals surface area contributed by atoms with Crippen LogP contribution in [0.25, 0.3) is 11.1 Å². The van der Waals surface area contributed by atoms with E-state index in [-0.39, 0.29) is 0 Å². The number of hydrogen-bond acceptors (Lipinski definition) is 8. The Labute approximate surface area is 167 Å². The number of morpholine rings is 1. The van der Waals surface area contributed by atoms with E-state index in [1.807, 2.05) is 24.3 Å². The van der Waals surface area contributed by atoms with Gasteiger partial charge >= 0.3 is 0 Å². The molecule has 9 heteroatoms. The van der Waals surface area contributed by atoms with Crippen LogP contribution >= 0.6 is 0 Å². The summed E-state index contributed by atoms with van der Waals surface area (Å²) in [6, 6.07) is 12.5. The first kappa shape index (κ1) is 19.2. The number of nitrogens with zero attached hydrogens (tertiary/aromatic N) is 2. The predicted molar refractivity (Wildman–Crippen MR) is 106 cm³/mol. The summed E-state index contributed by atoms with van der Waals surface area (Å²) in [6.07, 6.45) is 0. The summed E-state index contributed by atoms with van der Waals surface area (Å²) in [6.45, 7) is 4.97. The van der Waals surface area contributed by atoms with Gasteiger partial charge in [-0.05, 0) is 42.5 Å². The third kappa shape index (κ3) is 4.83. The number of oxazole rings is 1. The molecule has 1 aliphatic heterocycles. The minimum atomic E-state index is -0.603. The van der Waals surface area contributed by atoms with Crippen LogP contribution in [-0.4, -0.2) is 60.5 Å². The molecule has 0 unspecified atom stereocenters. The number of carbonyl (C=O) groups is 1. The number of benzene rings is 2. The van der Waals surface area contributed by atoms with Gasteiger partial charge in [0.25, 0.3) is 11.9 Å². The molecule has 1 fully saturated rings. The zero-order chi connectivity index (χ0) is 20.1. The number of amides is 1. The molecule has 0 bridgehead atoms. The molecule has 2 heterocycles. The zero-order valence-corrected chi connectivity index (χ0v) is 15.8. The van der Waals surface area contributed by atoms with Crippen molar-refractivity contribution in [3.05, 3.63) is 48.0 Å². The number of fused-ring (bicyclic) bond motifs is 1. The number of nitrogens with one attached hydrogen (secondary N) is 2. The van der Waals surface area contributed by atoms with Crippen molar-refractivity contribution in [2.24, 2.45) is 0 Å². The van der Waals surface area contributed by atoms with Crippen LogP contribution in [0.4, 0.5) is 11.7 Å². The molecule has 9 nitrogen and oxygen atoms in total. The van der Waals surface area contributed by atoms with Crippen molar-refractivity contribution in [2.45, 2.75) is 0 Å². The van der Waals surface area contributed by atoms with Gasteiger partial charge in [0.15, 0.2) is 5.58 Å². The standard InChI is InChI=1S/C20H22N4O5/c25-19(23-26)14-1-6-18-17(13-14)22-20(29-18)21-15-2-4-16(5-3-15)28-12-9-24-7-10-27-11-8-24/h1-6,13,26H,7-12H2,(H,21,22)(H,23,25). The van der Waals surface area contributed by atoms with Gasteiger partial charge in [0.1, 0.15) is 17.9 Å². The van der Waals surface area contributed by atoms with Crippen LogP contribution in [0.15, 0.2) is 46.9 Å². The molecule has 0 atom stereocenters. The molecule has 1 amide bonds. The Morgan fingerprint density at radius 1 is 1.17 bits per heavy atom. The molecule has 1 aliphatic rings. The van der Waals surface area contributed by atoms with E-state index < -0.39 is 5.91 Å². The van der Waals surface area contributed by atoms with Gasteiger partial charge in [-0.2, -0.15) is 4.98 Å². The summed E-state index contributed by atoms with van der Waals surface area (Å²) in [5.41, 5.74) is 3.73.